The number of thioether (sulfide) groups is 1. The predicted octanol–water partition coefficient (Wildman–Crippen LogP) is 4.28. The lowest BCUT2D eigenvalue weighted by Gasteiger charge is -2.08. The number of alkyl carbamates (subject to hydrolysis) is 1. The molecular weight excluding hydrogens is 389 g/mol. The third kappa shape index (κ3) is 6.71. The molecule has 1 heterocycles. The Balaban J connectivity index is 1.73. The highest BCUT2D eigenvalue weighted by Crippen LogP contribution is 2.29. The second kappa shape index (κ2) is 9.08. The van der Waals surface area contributed by atoms with Gasteiger partial charge in [-0.3, -0.25) is 0 Å². The van der Waals surface area contributed by atoms with E-state index in [4.69, 9.17) is 0 Å². The van der Waals surface area contributed by atoms with Crippen LogP contribution in [0.3, 0.4) is 0 Å². The van der Waals surface area contributed by atoms with Crippen molar-refractivity contribution in [3.8, 4) is 0 Å². The van der Waals surface area contributed by atoms with Gasteiger partial charge in [-0.2, -0.15) is 13.2 Å². The summed E-state index contributed by atoms with van der Waals surface area (Å²) >= 11 is 2.69. The molecule has 0 unspecified atom stereocenters. The number of aryl methyl sites for hydroxylation is 1. The van der Waals surface area contributed by atoms with Gasteiger partial charge >= 0.3 is 12.3 Å². The number of alkyl halides is 3. The second-order valence-corrected chi connectivity index (χ2v) is 7.53. The summed E-state index contributed by atoms with van der Waals surface area (Å²) in [7, 11) is 0. The average Bonchev–Trinajstić information content (AvgIpc) is 3.01. The van der Waals surface area contributed by atoms with Crippen LogP contribution in [0.1, 0.15) is 11.1 Å². The van der Waals surface area contributed by atoms with Crippen LogP contribution in [-0.2, 0) is 4.74 Å². The summed E-state index contributed by atoms with van der Waals surface area (Å²) in [4.78, 5) is 11.1. The van der Waals surface area contributed by atoms with Crippen molar-refractivity contribution in [3.63, 3.8) is 0 Å². The standard InChI is InChI=1S/C15H17F3N4O2S2/c1-9-4-3-5-11(10(9)2)20-12-21-22-14(26-12)25-7-6-19-13(23)24-8-15(16,17)18/h3-5H,6-8H2,1-2H3,(H,19,23)(H,20,21). The zero-order valence-electron chi connectivity index (χ0n) is 14.0. The van der Waals surface area contributed by atoms with Gasteiger partial charge in [-0.25, -0.2) is 4.79 Å². The first-order chi connectivity index (χ1) is 12.2. The van der Waals surface area contributed by atoms with Gasteiger partial charge in [0.25, 0.3) is 0 Å². The van der Waals surface area contributed by atoms with Crippen LogP contribution >= 0.6 is 23.1 Å². The van der Waals surface area contributed by atoms with Gasteiger partial charge in [0, 0.05) is 18.0 Å². The molecule has 142 valence electrons. The predicted molar refractivity (Wildman–Crippen MR) is 95.2 cm³/mol. The quantitative estimate of drug-likeness (QED) is 0.528. The lowest BCUT2D eigenvalue weighted by Crippen LogP contribution is -2.30. The zero-order valence-corrected chi connectivity index (χ0v) is 15.6. The van der Waals surface area contributed by atoms with Crippen molar-refractivity contribution >= 4 is 40.0 Å². The number of amides is 1. The SMILES string of the molecule is Cc1cccc(Nc2nnc(SCCNC(=O)OCC(F)(F)F)s2)c1C. The van der Waals surface area contributed by atoms with Crippen LogP contribution in [-0.4, -0.2) is 41.4 Å². The molecule has 0 atom stereocenters. The van der Waals surface area contributed by atoms with E-state index in [9.17, 15) is 18.0 Å². The molecule has 11 heteroatoms. The Morgan fingerprint density at radius 2 is 2.08 bits per heavy atom. The highest BCUT2D eigenvalue weighted by atomic mass is 32.2. The number of hydrogen-bond donors (Lipinski definition) is 2. The molecule has 1 amide bonds. The Morgan fingerprint density at radius 3 is 2.81 bits per heavy atom. The Bertz CT molecular complexity index is 753. The van der Waals surface area contributed by atoms with Crippen molar-refractivity contribution < 1.29 is 22.7 Å². The number of rotatable bonds is 7. The molecule has 0 fully saturated rings. The van der Waals surface area contributed by atoms with Crippen molar-refractivity contribution in [2.75, 3.05) is 24.2 Å². The van der Waals surface area contributed by atoms with Crippen molar-refractivity contribution in [2.24, 2.45) is 0 Å². The normalized spacial score (nSPS) is 11.3. The van der Waals surface area contributed by atoms with Crippen LogP contribution in [0.5, 0.6) is 0 Å². The third-order valence-electron chi connectivity index (χ3n) is 3.22. The summed E-state index contributed by atoms with van der Waals surface area (Å²) < 4.78 is 40.4. The van der Waals surface area contributed by atoms with E-state index in [1.807, 2.05) is 32.0 Å². The maximum absolute atomic E-state index is 11.9. The fourth-order valence-corrected chi connectivity index (χ4v) is 3.50. The van der Waals surface area contributed by atoms with Crippen molar-refractivity contribution in [2.45, 2.75) is 24.4 Å². The van der Waals surface area contributed by atoms with Gasteiger partial charge in [0.1, 0.15) is 0 Å². The number of nitrogens with zero attached hydrogens (tertiary/aromatic N) is 2. The summed E-state index contributed by atoms with van der Waals surface area (Å²) in [6.45, 7) is 2.59. The van der Waals surface area contributed by atoms with Gasteiger partial charge in [0.15, 0.2) is 10.9 Å². The third-order valence-corrected chi connectivity index (χ3v) is 5.19. The Morgan fingerprint density at radius 1 is 1.31 bits per heavy atom. The van der Waals surface area contributed by atoms with Crippen LogP contribution in [0.25, 0.3) is 0 Å². The van der Waals surface area contributed by atoms with Gasteiger partial charge in [0.2, 0.25) is 5.13 Å². The second-order valence-electron chi connectivity index (χ2n) is 5.21. The fraction of sp³-hybridized carbons (Fsp3) is 0.400. The summed E-state index contributed by atoms with van der Waals surface area (Å²) in [6, 6.07) is 5.92. The van der Waals surface area contributed by atoms with Gasteiger partial charge in [-0.1, -0.05) is 35.2 Å². The maximum atomic E-state index is 11.9. The maximum Gasteiger partial charge on any atom is 0.422 e. The van der Waals surface area contributed by atoms with Crippen LogP contribution < -0.4 is 10.6 Å². The number of carbonyl (C=O) groups excluding carboxylic acids is 1. The molecule has 1 aromatic heterocycles. The largest absolute Gasteiger partial charge is 0.440 e. The number of aromatic nitrogens is 2. The number of halogens is 3. The molecule has 1 aromatic carbocycles. The molecule has 0 radical (unpaired) electrons. The van der Waals surface area contributed by atoms with Gasteiger partial charge in [-0.05, 0) is 31.0 Å². The minimum absolute atomic E-state index is 0.153. The van der Waals surface area contributed by atoms with Crippen LogP contribution in [0, 0.1) is 13.8 Å². The topological polar surface area (TPSA) is 76.1 Å². The number of hydrogen-bond acceptors (Lipinski definition) is 7. The molecule has 0 spiro atoms. The number of carbonyl (C=O) groups is 1. The van der Waals surface area contributed by atoms with Crippen LogP contribution in [0.15, 0.2) is 22.5 Å². The van der Waals surface area contributed by atoms with E-state index in [0.29, 0.717) is 15.2 Å². The van der Waals surface area contributed by atoms with E-state index in [2.05, 4.69) is 25.6 Å². The summed E-state index contributed by atoms with van der Waals surface area (Å²) in [5.41, 5.74) is 3.24. The zero-order chi connectivity index (χ0) is 19.2. The summed E-state index contributed by atoms with van der Waals surface area (Å²) in [6.07, 6.45) is -5.63. The molecule has 6 nitrogen and oxygen atoms in total. The number of ether oxygens (including phenoxy) is 1. The van der Waals surface area contributed by atoms with Crippen molar-refractivity contribution in [1.29, 1.82) is 0 Å². The van der Waals surface area contributed by atoms with E-state index < -0.39 is 18.9 Å². The highest BCUT2D eigenvalue weighted by molar-refractivity contribution is 8.01. The average molecular weight is 406 g/mol. The molecule has 0 aliphatic heterocycles. The minimum Gasteiger partial charge on any atom is -0.440 e. The van der Waals surface area contributed by atoms with Crippen LogP contribution in [0.2, 0.25) is 0 Å². The van der Waals surface area contributed by atoms with E-state index in [0.717, 1.165) is 16.8 Å². The smallest absolute Gasteiger partial charge is 0.422 e. The van der Waals surface area contributed by atoms with E-state index in [-0.39, 0.29) is 6.54 Å². The first-order valence-electron chi connectivity index (χ1n) is 7.51. The molecule has 0 bridgehead atoms. The number of anilines is 2. The Labute approximate surface area is 156 Å². The summed E-state index contributed by atoms with van der Waals surface area (Å²) in [5, 5.41) is 14.2. The molecule has 0 aliphatic carbocycles. The highest BCUT2D eigenvalue weighted by Gasteiger charge is 2.29. The van der Waals surface area contributed by atoms with Gasteiger partial charge in [-0.15, -0.1) is 10.2 Å². The molecule has 0 aliphatic rings. The molecular formula is C15H17F3N4O2S2. The van der Waals surface area contributed by atoms with E-state index >= 15 is 0 Å². The first kappa shape index (κ1) is 20.3. The molecule has 2 rings (SSSR count). The lowest BCUT2D eigenvalue weighted by molar-refractivity contribution is -0.160. The van der Waals surface area contributed by atoms with Gasteiger partial charge < -0.3 is 15.4 Å². The number of benzene rings is 1. The minimum atomic E-state index is -4.53. The molecule has 26 heavy (non-hydrogen) atoms. The molecule has 2 aromatic rings. The monoisotopic (exact) mass is 406 g/mol. The molecule has 2 N–H and O–H groups in total. The Hall–Kier alpha value is -2.01. The van der Waals surface area contributed by atoms with Crippen molar-refractivity contribution in [3.05, 3.63) is 29.3 Å². The summed E-state index contributed by atoms with van der Waals surface area (Å²) in [5.74, 6) is 0.430. The molecule has 0 saturated heterocycles. The van der Waals surface area contributed by atoms with Gasteiger partial charge in [0.05, 0.1) is 0 Å². The Kier molecular flexibility index (Phi) is 7.09. The molecule has 0 saturated carbocycles. The fourth-order valence-electron chi connectivity index (χ4n) is 1.81. The van der Waals surface area contributed by atoms with Crippen LogP contribution in [0.4, 0.5) is 28.8 Å². The van der Waals surface area contributed by atoms with E-state index in [1.54, 1.807) is 0 Å². The number of nitrogens with one attached hydrogen (secondary N) is 2. The van der Waals surface area contributed by atoms with Crippen molar-refractivity contribution in [1.82, 2.24) is 15.5 Å². The first-order valence-corrected chi connectivity index (χ1v) is 9.32. The lowest BCUT2D eigenvalue weighted by atomic mass is 10.1. The van der Waals surface area contributed by atoms with E-state index in [1.165, 1.54) is 23.1 Å².